The van der Waals surface area contributed by atoms with Crippen LogP contribution in [0.25, 0.3) is 5.57 Å². The lowest BCUT2D eigenvalue weighted by Gasteiger charge is -2.25. The Bertz CT molecular complexity index is 845. The van der Waals surface area contributed by atoms with Crippen LogP contribution in [-0.2, 0) is 9.53 Å². The average Bonchev–Trinajstić information content (AvgIpc) is 2.98. The molecule has 0 bridgehead atoms. The number of hydrogen-bond acceptors (Lipinski definition) is 3. The number of methoxy groups -OCH3 is 1. The molecule has 0 radical (unpaired) electrons. The van der Waals surface area contributed by atoms with Gasteiger partial charge in [-0.1, -0.05) is 60.1 Å². The number of rotatable bonds is 5. The summed E-state index contributed by atoms with van der Waals surface area (Å²) in [5, 5.41) is 0. The van der Waals surface area contributed by atoms with Crippen LogP contribution in [0.3, 0.4) is 0 Å². The van der Waals surface area contributed by atoms with E-state index in [-0.39, 0.29) is 6.04 Å². The molecule has 0 saturated heterocycles. The van der Waals surface area contributed by atoms with Crippen LogP contribution in [0.2, 0.25) is 0 Å². The van der Waals surface area contributed by atoms with Gasteiger partial charge in [0.2, 0.25) is 6.41 Å². The zero-order valence-corrected chi connectivity index (χ0v) is 20.0. The van der Waals surface area contributed by atoms with E-state index in [4.69, 9.17) is 5.73 Å². The predicted molar refractivity (Wildman–Crippen MR) is 129 cm³/mol. The Balaban J connectivity index is 0.000000735. The first kappa shape index (κ1) is 24.2. The Kier molecular flexibility index (Phi) is 9.60. The quantitative estimate of drug-likeness (QED) is 0.417. The summed E-state index contributed by atoms with van der Waals surface area (Å²) in [6, 6.07) is 14.5. The van der Waals surface area contributed by atoms with Gasteiger partial charge in [-0.15, -0.1) is 0 Å². The molecule has 1 unspecified atom stereocenters. The maximum absolute atomic E-state index is 11.7. The van der Waals surface area contributed by atoms with Crippen molar-refractivity contribution < 1.29 is 9.53 Å². The molecule has 162 valence electrons. The first-order chi connectivity index (χ1) is 14.4. The van der Waals surface area contributed by atoms with Crippen molar-refractivity contribution in [1.82, 2.24) is 4.90 Å². The molecule has 3 rings (SSSR count). The van der Waals surface area contributed by atoms with Gasteiger partial charge in [-0.2, -0.15) is 0 Å². The van der Waals surface area contributed by atoms with Crippen molar-refractivity contribution in [2.45, 2.75) is 45.6 Å². The fourth-order valence-electron chi connectivity index (χ4n) is 3.48. The molecule has 4 nitrogen and oxygen atoms in total. The number of carbonyl (C=O) groups excluding carboxylic acids is 1. The van der Waals surface area contributed by atoms with Crippen LogP contribution < -0.4 is 5.73 Å². The van der Waals surface area contributed by atoms with Crippen LogP contribution in [0.1, 0.15) is 62.3 Å². The van der Waals surface area contributed by atoms with Gasteiger partial charge in [0.05, 0.1) is 6.04 Å². The number of benzene rings is 2. The Morgan fingerprint density at radius 2 is 1.90 bits per heavy atom. The van der Waals surface area contributed by atoms with Crippen molar-refractivity contribution in [3.63, 3.8) is 0 Å². The molecule has 0 saturated carbocycles. The van der Waals surface area contributed by atoms with E-state index in [1.165, 1.54) is 11.1 Å². The normalized spacial score (nSPS) is 16.4. The topological polar surface area (TPSA) is 55.6 Å². The highest BCUT2D eigenvalue weighted by atomic mass is 79.9. The second kappa shape index (κ2) is 11.9. The van der Waals surface area contributed by atoms with Gasteiger partial charge in [-0.05, 0) is 60.6 Å². The number of carbonyl (C=O) groups is 1. The van der Waals surface area contributed by atoms with Crippen LogP contribution in [0.5, 0.6) is 0 Å². The van der Waals surface area contributed by atoms with Crippen LogP contribution in [0.4, 0.5) is 5.69 Å². The molecule has 5 heteroatoms. The predicted octanol–water partition coefficient (Wildman–Crippen LogP) is 6.18. The molecule has 1 amide bonds. The highest BCUT2D eigenvalue weighted by Gasteiger charge is 2.22. The number of anilines is 1. The van der Waals surface area contributed by atoms with E-state index >= 15 is 0 Å². The largest absolute Gasteiger partial charge is 0.398 e. The molecule has 2 aromatic carbocycles. The summed E-state index contributed by atoms with van der Waals surface area (Å²) in [4.78, 5) is 13.6. The van der Waals surface area contributed by atoms with E-state index in [1.54, 1.807) is 7.11 Å². The lowest BCUT2D eigenvalue weighted by atomic mass is 9.95. The van der Waals surface area contributed by atoms with Crippen LogP contribution in [-0.4, -0.2) is 31.6 Å². The highest BCUT2D eigenvalue weighted by molar-refractivity contribution is 9.10. The van der Waals surface area contributed by atoms with Crippen LogP contribution in [0.15, 0.2) is 53.0 Å². The number of hydrogen-bond donors (Lipinski definition) is 1. The Morgan fingerprint density at radius 1 is 1.23 bits per heavy atom. The third-order valence-electron chi connectivity index (χ3n) is 5.31. The number of nitrogens with two attached hydrogens (primary N) is 1. The third-order valence-corrected chi connectivity index (χ3v) is 5.80. The lowest BCUT2D eigenvalue weighted by Crippen LogP contribution is -2.26. The van der Waals surface area contributed by atoms with Gasteiger partial charge in [0.25, 0.3) is 0 Å². The number of amides is 1. The van der Waals surface area contributed by atoms with Crippen molar-refractivity contribution in [3.8, 4) is 0 Å². The monoisotopic (exact) mass is 472 g/mol. The van der Waals surface area contributed by atoms with Crippen LogP contribution >= 0.6 is 15.9 Å². The third kappa shape index (κ3) is 6.44. The second-order valence-corrected chi connectivity index (χ2v) is 8.63. The molecule has 0 aliphatic carbocycles. The summed E-state index contributed by atoms with van der Waals surface area (Å²) in [6.45, 7) is 7.90. The number of nitrogens with zero attached hydrogens (tertiary/aromatic N) is 1. The summed E-state index contributed by atoms with van der Waals surface area (Å²) in [5.74, 6) is 0.493. The zero-order chi connectivity index (χ0) is 22.1. The lowest BCUT2D eigenvalue weighted by molar-refractivity contribution is -0.119. The number of allylic oxidation sites excluding steroid dienone is 1. The zero-order valence-electron chi connectivity index (χ0n) is 18.4. The van der Waals surface area contributed by atoms with Gasteiger partial charge in [-0.3, -0.25) is 4.79 Å². The Hall–Kier alpha value is -2.11. The van der Waals surface area contributed by atoms with E-state index in [0.29, 0.717) is 5.92 Å². The molecule has 30 heavy (non-hydrogen) atoms. The van der Waals surface area contributed by atoms with Gasteiger partial charge in [0, 0.05) is 36.0 Å². The van der Waals surface area contributed by atoms with Crippen molar-refractivity contribution in [1.29, 1.82) is 0 Å². The molecule has 1 aliphatic rings. The van der Waals surface area contributed by atoms with Crippen molar-refractivity contribution in [2.24, 2.45) is 0 Å². The summed E-state index contributed by atoms with van der Waals surface area (Å²) in [5.41, 5.74) is 11.7. The van der Waals surface area contributed by atoms with E-state index in [9.17, 15) is 4.79 Å². The summed E-state index contributed by atoms with van der Waals surface area (Å²) < 4.78 is 5.55. The van der Waals surface area contributed by atoms with Gasteiger partial charge < -0.3 is 15.4 Å². The maximum Gasteiger partial charge on any atom is 0.210 e. The Morgan fingerprint density at radius 3 is 2.47 bits per heavy atom. The number of halogens is 1. The molecule has 0 aromatic heterocycles. The smallest absolute Gasteiger partial charge is 0.210 e. The van der Waals surface area contributed by atoms with Crippen LogP contribution in [0, 0.1) is 0 Å². The molecule has 0 spiro atoms. The van der Waals surface area contributed by atoms with E-state index < -0.39 is 0 Å². The summed E-state index contributed by atoms with van der Waals surface area (Å²) in [6.07, 6.45) is 5.00. The highest BCUT2D eigenvalue weighted by Crippen LogP contribution is 2.35. The molecule has 1 aliphatic heterocycles. The van der Waals surface area contributed by atoms with Gasteiger partial charge >= 0.3 is 0 Å². The standard InChI is InChI=1S/C22H25BrN2O.C3H8O/c1-15(2)16-5-7-17(8-6-16)22-12-18(4-3-11-25(22)14-26)20-13-19(23)9-10-21(20)24;1-3-4-2/h5-10,12-15,22H,3-4,11,24H2,1-2H3;3H2,1-2H3. The molecular formula is C25H33BrN2O2. The SMILES string of the molecule is CC(C)c1ccc(C2C=C(c3cc(Br)ccc3N)CCCN2C=O)cc1.CCOC. The van der Waals surface area contributed by atoms with Crippen molar-refractivity contribution in [3.05, 3.63) is 69.7 Å². The van der Waals surface area contributed by atoms with Crippen molar-refractivity contribution in [2.75, 3.05) is 26.0 Å². The second-order valence-electron chi connectivity index (χ2n) is 7.71. The maximum atomic E-state index is 11.7. The molecular weight excluding hydrogens is 440 g/mol. The average molecular weight is 473 g/mol. The first-order valence-electron chi connectivity index (χ1n) is 10.5. The minimum absolute atomic E-state index is 0.0652. The van der Waals surface area contributed by atoms with Gasteiger partial charge in [-0.25, -0.2) is 0 Å². The van der Waals surface area contributed by atoms with E-state index in [0.717, 1.165) is 53.7 Å². The van der Waals surface area contributed by atoms with E-state index in [1.807, 2.05) is 24.0 Å². The molecule has 2 aromatic rings. The van der Waals surface area contributed by atoms with Gasteiger partial charge in [0.15, 0.2) is 0 Å². The molecule has 0 fully saturated rings. The fourth-order valence-corrected chi connectivity index (χ4v) is 3.84. The number of ether oxygens (including phenoxy) is 1. The minimum Gasteiger partial charge on any atom is -0.398 e. The Labute approximate surface area is 189 Å². The minimum atomic E-state index is -0.0652. The van der Waals surface area contributed by atoms with Gasteiger partial charge in [0.1, 0.15) is 0 Å². The molecule has 1 heterocycles. The summed E-state index contributed by atoms with van der Waals surface area (Å²) >= 11 is 3.54. The van der Waals surface area contributed by atoms with Crippen molar-refractivity contribution >= 4 is 33.6 Å². The fraction of sp³-hybridized carbons (Fsp3) is 0.400. The van der Waals surface area contributed by atoms with E-state index in [2.05, 4.69) is 70.9 Å². The molecule has 2 N–H and O–H groups in total. The summed E-state index contributed by atoms with van der Waals surface area (Å²) in [7, 11) is 1.68. The number of nitrogen functional groups attached to an aromatic ring is 1. The first-order valence-corrected chi connectivity index (χ1v) is 11.3. The molecule has 1 atom stereocenters.